The molecule has 0 aliphatic rings. The molecule has 1 amide bonds. The van der Waals surface area contributed by atoms with Crippen molar-refractivity contribution in [2.75, 3.05) is 11.1 Å². The molecule has 0 bridgehead atoms. The molecule has 3 aromatic rings. The summed E-state index contributed by atoms with van der Waals surface area (Å²) in [4.78, 5) is 13.4. The number of benzene rings is 2. The topological polar surface area (TPSA) is 68.0 Å². The van der Waals surface area contributed by atoms with Gasteiger partial charge in [0.15, 0.2) is 0 Å². The molecule has 1 N–H and O–H groups in total. The average Bonchev–Trinajstić information content (AvgIpc) is 3.06. The minimum atomic E-state index is -0.316. The van der Waals surface area contributed by atoms with Crippen LogP contribution in [0.1, 0.15) is 17.3 Å². The van der Waals surface area contributed by atoms with E-state index in [2.05, 4.69) is 15.5 Å². The maximum Gasteiger partial charge on any atom is 0.322 e. The largest absolute Gasteiger partial charge is 0.403 e. The van der Waals surface area contributed by atoms with Crippen molar-refractivity contribution >= 4 is 46.9 Å². The summed E-state index contributed by atoms with van der Waals surface area (Å²) in [5, 5.41) is 11.3. The van der Waals surface area contributed by atoms with Crippen LogP contribution < -0.4 is 5.32 Å². The number of aromatic nitrogens is 2. The summed E-state index contributed by atoms with van der Waals surface area (Å²) in [5.74, 6) is 0.727. The van der Waals surface area contributed by atoms with Gasteiger partial charge in [0.1, 0.15) is 0 Å². The lowest BCUT2D eigenvalue weighted by Gasteiger charge is -2.06. The van der Waals surface area contributed by atoms with Crippen molar-refractivity contribution in [1.82, 2.24) is 10.2 Å². The van der Waals surface area contributed by atoms with Gasteiger partial charge in [-0.05, 0) is 36.1 Å². The second-order valence-electron chi connectivity index (χ2n) is 4.92. The Morgan fingerprint density at radius 3 is 2.80 bits per heavy atom. The first-order valence-corrected chi connectivity index (χ1v) is 9.14. The predicted octanol–water partition coefficient (Wildman–Crippen LogP) is 5.41. The molecule has 1 heterocycles. The molecular formula is C17H13Cl2N3O2S. The predicted molar refractivity (Wildman–Crippen MR) is 101 cm³/mol. The molecule has 3 rings (SSSR count). The van der Waals surface area contributed by atoms with Crippen LogP contribution in [0.4, 0.5) is 6.01 Å². The third kappa shape index (κ3) is 4.15. The number of anilines is 1. The first kappa shape index (κ1) is 17.8. The Kier molecular flexibility index (Phi) is 5.63. The number of nitrogens with zero attached hydrogens (tertiary/aromatic N) is 2. The molecule has 0 aliphatic heterocycles. The zero-order valence-electron chi connectivity index (χ0n) is 13.1. The second kappa shape index (κ2) is 7.91. The minimum absolute atomic E-state index is 0.00709. The molecule has 1 aromatic heterocycles. The number of halogens is 2. The Morgan fingerprint density at radius 2 is 2.00 bits per heavy atom. The Bertz CT molecular complexity index is 914. The third-order valence-electron chi connectivity index (χ3n) is 3.24. The van der Waals surface area contributed by atoms with E-state index < -0.39 is 0 Å². The monoisotopic (exact) mass is 393 g/mol. The van der Waals surface area contributed by atoms with Crippen molar-refractivity contribution in [3.63, 3.8) is 0 Å². The van der Waals surface area contributed by atoms with Gasteiger partial charge in [-0.1, -0.05) is 47.4 Å². The number of amides is 1. The van der Waals surface area contributed by atoms with E-state index in [1.165, 1.54) is 0 Å². The first-order chi connectivity index (χ1) is 12.1. The lowest BCUT2D eigenvalue weighted by Crippen LogP contribution is -2.13. The van der Waals surface area contributed by atoms with Crippen LogP contribution in [0.2, 0.25) is 10.0 Å². The van der Waals surface area contributed by atoms with Gasteiger partial charge in [-0.3, -0.25) is 10.1 Å². The fraction of sp³-hybridized carbons (Fsp3) is 0.118. The lowest BCUT2D eigenvalue weighted by atomic mass is 10.2. The van der Waals surface area contributed by atoms with Gasteiger partial charge < -0.3 is 4.42 Å². The molecule has 0 atom stereocenters. The molecule has 0 saturated carbocycles. The van der Waals surface area contributed by atoms with Crippen LogP contribution in [0.25, 0.3) is 11.5 Å². The Morgan fingerprint density at radius 1 is 1.20 bits per heavy atom. The van der Waals surface area contributed by atoms with Gasteiger partial charge in [-0.25, -0.2) is 0 Å². The zero-order chi connectivity index (χ0) is 17.8. The van der Waals surface area contributed by atoms with E-state index in [0.717, 1.165) is 10.6 Å². The highest BCUT2D eigenvalue weighted by atomic mass is 35.5. The molecule has 0 unspecified atom stereocenters. The first-order valence-electron chi connectivity index (χ1n) is 7.40. The molecule has 25 heavy (non-hydrogen) atoms. The number of nitrogens with one attached hydrogen (secondary N) is 1. The van der Waals surface area contributed by atoms with Crippen LogP contribution in [-0.4, -0.2) is 21.9 Å². The number of rotatable bonds is 5. The zero-order valence-corrected chi connectivity index (χ0v) is 15.5. The van der Waals surface area contributed by atoms with Gasteiger partial charge in [0.2, 0.25) is 0 Å². The van der Waals surface area contributed by atoms with Gasteiger partial charge in [0.05, 0.1) is 16.1 Å². The van der Waals surface area contributed by atoms with E-state index in [4.69, 9.17) is 27.6 Å². The quantitative estimate of drug-likeness (QED) is 0.587. The standard InChI is InChI=1S/C17H13Cl2N3O2S/c1-2-25-14-6-4-3-5-11(14)15(23)20-17-22-21-16(24-17)12-9-10(18)7-8-13(12)19/h3-9H,2H2,1H3,(H,20,22,23). The van der Waals surface area contributed by atoms with Gasteiger partial charge in [0.25, 0.3) is 11.8 Å². The van der Waals surface area contributed by atoms with Crippen LogP contribution in [0.5, 0.6) is 0 Å². The maximum atomic E-state index is 12.5. The van der Waals surface area contributed by atoms with Crippen molar-refractivity contribution in [1.29, 1.82) is 0 Å². The molecule has 0 radical (unpaired) electrons. The van der Waals surface area contributed by atoms with E-state index in [1.54, 1.807) is 42.1 Å². The van der Waals surface area contributed by atoms with Gasteiger partial charge >= 0.3 is 6.01 Å². The molecule has 0 aliphatic carbocycles. The summed E-state index contributed by atoms with van der Waals surface area (Å²) in [6.07, 6.45) is 0. The SMILES string of the molecule is CCSc1ccccc1C(=O)Nc1nnc(-c2cc(Cl)ccc2Cl)o1. The average molecular weight is 394 g/mol. The Labute approximate surface area is 158 Å². The number of carbonyl (C=O) groups excluding carboxylic acids is 1. The normalized spacial score (nSPS) is 10.7. The van der Waals surface area contributed by atoms with Gasteiger partial charge in [0, 0.05) is 9.92 Å². The molecule has 0 saturated heterocycles. The van der Waals surface area contributed by atoms with Crippen LogP contribution in [0, 0.1) is 0 Å². The van der Waals surface area contributed by atoms with E-state index >= 15 is 0 Å². The highest BCUT2D eigenvalue weighted by molar-refractivity contribution is 7.99. The molecular weight excluding hydrogens is 381 g/mol. The molecule has 5 nitrogen and oxygen atoms in total. The smallest absolute Gasteiger partial charge is 0.322 e. The third-order valence-corrected chi connectivity index (χ3v) is 4.76. The Hall–Kier alpha value is -2.02. The number of thioether (sulfide) groups is 1. The molecule has 8 heteroatoms. The molecule has 2 aromatic carbocycles. The summed E-state index contributed by atoms with van der Waals surface area (Å²) in [7, 11) is 0. The minimum Gasteiger partial charge on any atom is -0.403 e. The van der Waals surface area contributed by atoms with Gasteiger partial charge in [-0.2, -0.15) is 0 Å². The van der Waals surface area contributed by atoms with E-state index in [9.17, 15) is 4.79 Å². The highest BCUT2D eigenvalue weighted by Gasteiger charge is 2.17. The fourth-order valence-corrected chi connectivity index (χ4v) is 3.32. The summed E-state index contributed by atoms with van der Waals surface area (Å²) in [6.45, 7) is 2.03. The van der Waals surface area contributed by atoms with E-state index in [0.29, 0.717) is 21.2 Å². The van der Waals surface area contributed by atoms with Crippen LogP contribution >= 0.6 is 35.0 Å². The number of hydrogen-bond donors (Lipinski definition) is 1. The molecule has 0 spiro atoms. The van der Waals surface area contributed by atoms with Crippen LogP contribution in [0.15, 0.2) is 51.8 Å². The molecule has 0 fully saturated rings. The maximum absolute atomic E-state index is 12.5. The Balaban J connectivity index is 1.82. The number of hydrogen-bond acceptors (Lipinski definition) is 5. The molecule has 128 valence electrons. The summed E-state index contributed by atoms with van der Waals surface area (Å²) < 4.78 is 5.49. The van der Waals surface area contributed by atoms with Crippen LogP contribution in [-0.2, 0) is 0 Å². The highest BCUT2D eigenvalue weighted by Crippen LogP contribution is 2.30. The van der Waals surface area contributed by atoms with Crippen molar-refractivity contribution in [3.05, 3.63) is 58.1 Å². The van der Waals surface area contributed by atoms with Crippen molar-refractivity contribution < 1.29 is 9.21 Å². The van der Waals surface area contributed by atoms with Crippen molar-refractivity contribution in [2.24, 2.45) is 0 Å². The summed E-state index contributed by atoms with van der Waals surface area (Å²) in [5.41, 5.74) is 1.05. The lowest BCUT2D eigenvalue weighted by molar-refractivity contribution is 0.102. The fourth-order valence-electron chi connectivity index (χ4n) is 2.14. The second-order valence-corrected chi connectivity index (χ2v) is 7.07. The van der Waals surface area contributed by atoms with Crippen molar-refractivity contribution in [3.8, 4) is 11.5 Å². The van der Waals surface area contributed by atoms with E-state index in [-0.39, 0.29) is 17.8 Å². The van der Waals surface area contributed by atoms with Gasteiger partial charge in [-0.15, -0.1) is 16.9 Å². The van der Waals surface area contributed by atoms with Crippen molar-refractivity contribution in [2.45, 2.75) is 11.8 Å². The number of carbonyl (C=O) groups is 1. The summed E-state index contributed by atoms with van der Waals surface area (Å²) in [6, 6.07) is 12.3. The summed E-state index contributed by atoms with van der Waals surface area (Å²) >= 11 is 13.7. The van der Waals surface area contributed by atoms with E-state index in [1.807, 2.05) is 19.1 Å². The van der Waals surface area contributed by atoms with Crippen LogP contribution in [0.3, 0.4) is 0 Å².